The maximum Gasteiger partial charge on any atom is 0.273 e. The number of carbonyl (C=O) groups is 1. The van der Waals surface area contributed by atoms with Gasteiger partial charge >= 0.3 is 0 Å². The zero-order valence-corrected chi connectivity index (χ0v) is 16.3. The normalized spacial score (nSPS) is 16.0. The average Bonchev–Trinajstić information content (AvgIpc) is 2.87. The number of nitrogens with zero attached hydrogens (tertiary/aromatic N) is 2. The lowest BCUT2D eigenvalue weighted by atomic mass is 9.83. The number of hydrogen-bond acceptors (Lipinski definition) is 6. The van der Waals surface area contributed by atoms with Crippen molar-refractivity contribution < 1.29 is 19.2 Å². The Morgan fingerprint density at radius 1 is 1.21 bits per heavy atom. The molecule has 0 amide bonds. The van der Waals surface area contributed by atoms with E-state index in [0.29, 0.717) is 5.75 Å². The van der Waals surface area contributed by atoms with Gasteiger partial charge in [-0.05, 0) is 17.7 Å². The lowest BCUT2D eigenvalue weighted by molar-refractivity contribution is -0.385. The number of nitro groups is 1. The van der Waals surface area contributed by atoms with E-state index in [1.165, 1.54) is 25.3 Å². The zero-order valence-electron chi connectivity index (χ0n) is 16.3. The second-order valence-electron chi connectivity index (χ2n) is 7.08. The Balaban J connectivity index is 1.80. The van der Waals surface area contributed by atoms with E-state index in [9.17, 15) is 14.9 Å². The van der Waals surface area contributed by atoms with E-state index in [4.69, 9.17) is 9.47 Å². The maximum atomic E-state index is 12.6. The number of benzene rings is 2. The van der Waals surface area contributed by atoms with Gasteiger partial charge < -0.3 is 14.4 Å². The van der Waals surface area contributed by atoms with Gasteiger partial charge in [0.1, 0.15) is 0 Å². The number of anilines is 1. The topological polar surface area (TPSA) is 81.9 Å². The molecular weight excluding hydrogens is 360 g/mol. The first-order valence-corrected chi connectivity index (χ1v) is 8.79. The Morgan fingerprint density at radius 3 is 2.57 bits per heavy atom. The van der Waals surface area contributed by atoms with Crippen molar-refractivity contribution in [2.45, 2.75) is 19.3 Å². The third-order valence-corrected chi connectivity index (χ3v) is 4.97. The molecule has 28 heavy (non-hydrogen) atoms. The first-order chi connectivity index (χ1) is 13.3. The van der Waals surface area contributed by atoms with Gasteiger partial charge in [-0.3, -0.25) is 14.9 Å². The molecule has 0 saturated heterocycles. The largest absolute Gasteiger partial charge is 0.493 e. The molecule has 7 nitrogen and oxygen atoms in total. The number of nitro benzene ring substituents is 1. The molecule has 0 unspecified atom stereocenters. The number of hydrogen-bond donors (Lipinski definition) is 0. The van der Waals surface area contributed by atoms with Crippen LogP contribution in [0.25, 0.3) is 0 Å². The van der Waals surface area contributed by atoms with E-state index in [1.807, 2.05) is 30.1 Å². The average molecular weight is 382 g/mol. The van der Waals surface area contributed by atoms with Crippen molar-refractivity contribution in [1.82, 2.24) is 0 Å². The number of rotatable bonds is 6. The fourth-order valence-corrected chi connectivity index (χ4v) is 3.49. The van der Waals surface area contributed by atoms with Crippen LogP contribution in [0.15, 0.2) is 54.2 Å². The molecule has 0 aliphatic carbocycles. The smallest absolute Gasteiger partial charge is 0.273 e. The van der Waals surface area contributed by atoms with Gasteiger partial charge in [-0.15, -0.1) is 0 Å². The van der Waals surface area contributed by atoms with E-state index >= 15 is 0 Å². The predicted octanol–water partition coefficient (Wildman–Crippen LogP) is 3.86. The second-order valence-corrected chi connectivity index (χ2v) is 7.08. The summed E-state index contributed by atoms with van der Waals surface area (Å²) >= 11 is 0. The number of allylic oxidation sites excluding steroid dienone is 1. The van der Waals surface area contributed by atoms with Crippen LogP contribution in [-0.4, -0.2) is 31.5 Å². The summed E-state index contributed by atoms with van der Waals surface area (Å²) in [6.07, 6.45) is 1.57. The van der Waals surface area contributed by atoms with Gasteiger partial charge in [0.25, 0.3) is 5.69 Å². The van der Waals surface area contributed by atoms with Crippen molar-refractivity contribution in [3.8, 4) is 11.5 Å². The quantitative estimate of drug-likeness (QED) is 0.429. The Hall–Kier alpha value is -3.35. The SMILES string of the molecule is COc1ccc([N+](=O)[O-])cc1OCC(=O)/C=C1/N(C)c2ccccc2C1(C)C. The molecule has 3 rings (SSSR count). The maximum absolute atomic E-state index is 12.6. The summed E-state index contributed by atoms with van der Waals surface area (Å²) in [7, 11) is 3.36. The first kappa shape index (κ1) is 19.4. The number of ether oxygens (including phenoxy) is 2. The lowest BCUT2D eigenvalue weighted by Crippen LogP contribution is -2.25. The highest BCUT2D eigenvalue weighted by Gasteiger charge is 2.38. The fraction of sp³-hybridized carbons (Fsp3) is 0.286. The summed E-state index contributed by atoms with van der Waals surface area (Å²) in [5.41, 5.74) is 2.64. The van der Waals surface area contributed by atoms with Gasteiger partial charge in [0.05, 0.1) is 18.1 Å². The first-order valence-electron chi connectivity index (χ1n) is 8.79. The summed E-state index contributed by atoms with van der Waals surface area (Å²) in [4.78, 5) is 25.0. The highest BCUT2D eigenvalue weighted by atomic mass is 16.6. The number of ketones is 1. The van der Waals surface area contributed by atoms with Gasteiger partial charge in [-0.2, -0.15) is 0 Å². The number of para-hydroxylation sites is 1. The Kier molecular flexibility index (Phi) is 5.09. The van der Waals surface area contributed by atoms with Crippen LogP contribution in [0.4, 0.5) is 11.4 Å². The number of carbonyl (C=O) groups excluding carboxylic acids is 1. The van der Waals surface area contributed by atoms with Crippen LogP contribution in [-0.2, 0) is 10.2 Å². The summed E-state index contributed by atoms with van der Waals surface area (Å²) in [5.74, 6) is 0.249. The number of methoxy groups -OCH3 is 1. The zero-order chi connectivity index (χ0) is 20.5. The fourth-order valence-electron chi connectivity index (χ4n) is 3.49. The van der Waals surface area contributed by atoms with Gasteiger partial charge in [0.2, 0.25) is 0 Å². The second kappa shape index (κ2) is 7.34. The van der Waals surface area contributed by atoms with Crippen LogP contribution in [0.3, 0.4) is 0 Å². The van der Waals surface area contributed by atoms with E-state index in [1.54, 1.807) is 6.08 Å². The van der Waals surface area contributed by atoms with Gasteiger partial charge in [0.15, 0.2) is 23.9 Å². The summed E-state index contributed by atoms with van der Waals surface area (Å²) in [6.45, 7) is 3.89. The van der Waals surface area contributed by atoms with Gasteiger partial charge in [0, 0.05) is 36.0 Å². The van der Waals surface area contributed by atoms with Crippen molar-refractivity contribution in [2.75, 3.05) is 25.7 Å². The Labute approximate surface area is 163 Å². The highest BCUT2D eigenvalue weighted by molar-refractivity contribution is 5.93. The highest BCUT2D eigenvalue weighted by Crippen LogP contribution is 2.46. The molecule has 0 fully saturated rings. The third-order valence-electron chi connectivity index (χ3n) is 4.97. The van der Waals surface area contributed by atoms with Crippen molar-refractivity contribution in [3.05, 3.63) is 69.9 Å². The van der Waals surface area contributed by atoms with Crippen molar-refractivity contribution in [3.63, 3.8) is 0 Å². The number of likely N-dealkylation sites (N-methyl/N-ethyl adjacent to an activating group) is 1. The van der Waals surface area contributed by atoms with Crippen LogP contribution in [0, 0.1) is 10.1 Å². The monoisotopic (exact) mass is 382 g/mol. The van der Waals surface area contributed by atoms with Crippen molar-refractivity contribution in [2.24, 2.45) is 0 Å². The van der Waals surface area contributed by atoms with E-state index < -0.39 is 4.92 Å². The minimum Gasteiger partial charge on any atom is -0.493 e. The number of non-ortho nitro benzene ring substituents is 1. The minimum absolute atomic E-state index is 0.131. The minimum atomic E-state index is -0.524. The van der Waals surface area contributed by atoms with E-state index in [-0.39, 0.29) is 29.2 Å². The molecule has 0 spiro atoms. The molecule has 0 atom stereocenters. The molecule has 1 aliphatic heterocycles. The van der Waals surface area contributed by atoms with Crippen LogP contribution >= 0.6 is 0 Å². The van der Waals surface area contributed by atoms with E-state index in [2.05, 4.69) is 19.9 Å². The molecule has 146 valence electrons. The van der Waals surface area contributed by atoms with Crippen LogP contribution in [0.5, 0.6) is 11.5 Å². The molecule has 2 aromatic rings. The predicted molar refractivity (Wildman–Crippen MR) is 106 cm³/mol. The van der Waals surface area contributed by atoms with E-state index in [0.717, 1.165) is 16.9 Å². The standard InChI is InChI=1S/C21H22N2O5/c1-21(2)16-7-5-6-8-17(16)22(3)20(21)12-15(24)13-28-19-11-14(23(25)26)9-10-18(19)27-4/h5-12H,13H2,1-4H3/b20-12+. The Bertz CT molecular complexity index is 965. The molecule has 0 aromatic heterocycles. The van der Waals surface area contributed by atoms with Gasteiger partial charge in [-0.25, -0.2) is 0 Å². The molecule has 0 N–H and O–H groups in total. The third kappa shape index (κ3) is 3.43. The lowest BCUT2D eigenvalue weighted by Gasteiger charge is -2.24. The molecule has 1 heterocycles. The molecule has 0 bridgehead atoms. The summed E-state index contributed by atoms with van der Waals surface area (Å²) in [6, 6.07) is 12.0. The molecule has 0 radical (unpaired) electrons. The van der Waals surface area contributed by atoms with Crippen LogP contribution in [0.2, 0.25) is 0 Å². The number of fused-ring (bicyclic) bond motifs is 1. The summed E-state index contributed by atoms with van der Waals surface area (Å²) in [5, 5.41) is 11.0. The van der Waals surface area contributed by atoms with Crippen molar-refractivity contribution >= 4 is 17.2 Å². The molecular formula is C21H22N2O5. The molecule has 2 aromatic carbocycles. The summed E-state index contributed by atoms with van der Waals surface area (Å²) < 4.78 is 10.7. The van der Waals surface area contributed by atoms with Gasteiger partial charge in [-0.1, -0.05) is 32.0 Å². The van der Waals surface area contributed by atoms with Crippen LogP contribution in [0.1, 0.15) is 19.4 Å². The van der Waals surface area contributed by atoms with Crippen molar-refractivity contribution in [1.29, 1.82) is 0 Å². The van der Waals surface area contributed by atoms with Crippen LogP contribution < -0.4 is 14.4 Å². The molecule has 7 heteroatoms. The Morgan fingerprint density at radius 2 is 1.93 bits per heavy atom. The molecule has 0 saturated carbocycles. The molecule has 1 aliphatic rings.